The van der Waals surface area contributed by atoms with Crippen molar-refractivity contribution >= 4 is 12.1 Å². The van der Waals surface area contributed by atoms with Gasteiger partial charge in [-0.3, -0.25) is 4.79 Å². The molecular weight excluding hydrogens is 344 g/mol. The molecule has 0 radical (unpaired) electrons. The summed E-state index contributed by atoms with van der Waals surface area (Å²) in [5.41, 5.74) is 5.24. The van der Waals surface area contributed by atoms with Gasteiger partial charge in [0.2, 0.25) is 6.79 Å². The molecule has 2 N–H and O–H groups in total. The number of benzene rings is 2. The van der Waals surface area contributed by atoms with Crippen molar-refractivity contribution in [2.24, 2.45) is 5.10 Å². The van der Waals surface area contributed by atoms with Crippen molar-refractivity contribution in [3.05, 3.63) is 52.6 Å². The average molecular weight is 368 g/mol. The summed E-state index contributed by atoms with van der Waals surface area (Å²) in [6.07, 6.45) is 1.52. The number of amides is 1. The first-order chi connectivity index (χ1) is 12.9. The molecule has 0 unspecified atom stereocenters. The van der Waals surface area contributed by atoms with Crippen LogP contribution in [0.4, 0.5) is 0 Å². The third-order valence-corrected chi connectivity index (χ3v) is 4.47. The highest BCUT2D eigenvalue weighted by molar-refractivity contribution is 5.98. The number of hydrogen-bond acceptors (Lipinski definition) is 5. The third-order valence-electron chi connectivity index (χ3n) is 4.47. The Morgan fingerprint density at radius 1 is 1.11 bits per heavy atom. The van der Waals surface area contributed by atoms with Gasteiger partial charge in [0.1, 0.15) is 5.75 Å². The van der Waals surface area contributed by atoms with E-state index in [0.717, 1.165) is 16.7 Å². The lowest BCUT2D eigenvalue weighted by molar-refractivity contribution is 0.0952. The van der Waals surface area contributed by atoms with Gasteiger partial charge in [-0.05, 0) is 52.8 Å². The number of carbonyl (C=O) groups is 1. The number of phenolic OH excluding ortho intramolecular Hbond substituents is 1. The van der Waals surface area contributed by atoms with Crippen molar-refractivity contribution in [1.82, 2.24) is 5.43 Å². The van der Waals surface area contributed by atoms with E-state index in [-0.39, 0.29) is 29.9 Å². The first-order valence-corrected chi connectivity index (χ1v) is 8.96. The van der Waals surface area contributed by atoms with Crippen molar-refractivity contribution in [2.45, 2.75) is 39.5 Å². The fourth-order valence-electron chi connectivity index (χ4n) is 2.85. The molecule has 1 heterocycles. The number of hydrazone groups is 1. The van der Waals surface area contributed by atoms with Crippen molar-refractivity contribution in [1.29, 1.82) is 0 Å². The van der Waals surface area contributed by atoms with Gasteiger partial charge in [0.25, 0.3) is 5.91 Å². The molecule has 0 saturated heterocycles. The molecule has 2 aromatic rings. The summed E-state index contributed by atoms with van der Waals surface area (Å²) in [5, 5.41) is 14.5. The first kappa shape index (κ1) is 18.8. The highest BCUT2D eigenvalue weighted by Gasteiger charge is 2.19. The predicted molar refractivity (Wildman–Crippen MR) is 104 cm³/mol. The van der Waals surface area contributed by atoms with Gasteiger partial charge in [-0.1, -0.05) is 33.8 Å². The largest absolute Gasteiger partial charge is 0.507 e. The normalized spacial score (nSPS) is 13.0. The van der Waals surface area contributed by atoms with Gasteiger partial charge in [0, 0.05) is 0 Å². The van der Waals surface area contributed by atoms with Crippen LogP contribution in [-0.4, -0.2) is 24.0 Å². The quantitative estimate of drug-likeness (QED) is 0.614. The molecule has 0 saturated carbocycles. The maximum absolute atomic E-state index is 12.6. The zero-order valence-electron chi connectivity index (χ0n) is 15.9. The van der Waals surface area contributed by atoms with Gasteiger partial charge in [-0.25, -0.2) is 5.43 Å². The number of phenols is 1. The monoisotopic (exact) mass is 368 g/mol. The number of hydrogen-bond donors (Lipinski definition) is 2. The van der Waals surface area contributed by atoms with Crippen molar-refractivity contribution in [2.75, 3.05) is 6.79 Å². The van der Waals surface area contributed by atoms with Gasteiger partial charge in [-0.15, -0.1) is 0 Å². The summed E-state index contributed by atoms with van der Waals surface area (Å²) in [7, 11) is 0. The highest BCUT2D eigenvalue weighted by atomic mass is 16.7. The Balaban J connectivity index is 1.79. The fraction of sp³-hybridized carbons (Fsp3) is 0.333. The Hall–Kier alpha value is -3.02. The summed E-state index contributed by atoms with van der Waals surface area (Å²) >= 11 is 0. The minimum absolute atomic E-state index is 0.00480. The molecule has 0 aromatic heterocycles. The summed E-state index contributed by atoms with van der Waals surface area (Å²) in [4.78, 5) is 12.6. The number of fused-ring (bicyclic) bond motifs is 1. The molecule has 27 heavy (non-hydrogen) atoms. The van der Waals surface area contributed by atoms with Crippen LogP contribution in [0.5, 0.6) is 17.2 Å². The molecule has 6 heteroatoms. The van der Waals surface area contributed by atoms with E-state index in [1.54, 1.807) is 18.2 Å². The van der Waals surface area contributed by atoms with Gasteiger partial charge in [0.05, 0.1) is 11.8 Å². The molecule has 6 nitrogen and oxygen atoms in total. The minimum atomic E-state index is -0.450. The number of aromatic hydroxyl groups is 1. The lowest BCUT2D eigenvalue weighted by Crippen LogP contribution is -2.18. The van der Waals surface area contributed by atoms with Crippen LogP contribution in [0, 0.1) is 0 Å². The topological polar surface area (TPSA) is 80.2 Å². The molecule has 1 aliphatic heterocycles. The second-order valence-electron chi connectivity index (χ2n) is 7.13. The molecule has 2 aromatic carbocycles. The Morgan fingerprint density at radius 2 is 1.85 bits per heavy atom. The van der Waals surface area contributed by atoms with Crippen LogP contribution < -0.4 is 14.9 Å². The van der Waals surface area contributed by atoms with E-state index in [4.69, 9.17) is 9.47 Å². The Morgan fingerprint density at radius 3 is 2.56 bits per heavy atom. The van der Waals surface area contributed by atoms with Crippen LogP contribution in [0.1, 0.15) is 66.6 Å². The standard InChI is InChI=1S/C21H24N2O4/c1-12(2)15-8-16(13(3)4)20(24)17(9-15)21(25)23-22-10-14-5-6-18-19(7-14)27-11-26-18/h5-10,12-13,24H,11H2,1-4H3,(H,23,25). The van der Waals surface area contributed by atoms with Crippen LogP contribution >= 0.6 is 0 Å². The number of carbonyl (C=O) groups excluding carboxylic acids is 1. The summed E-state index contributed by atoms with van der Waals surface area (Å²) < 4.78 is 10.6. The van der Waals surface area contributed by atoms with Gasteiger partial charge in [-0.2, -0.15) is 5.10 Å². The maximum Gasteiger partial charge on any atom is 0.275 e. The lowest BCUT2D eigenvalue weighted by atomic mass is 9.92. The molecule has 0 aliphatic carbocycles. The Labute approximate surface area is 158 Å². The summed E-state index contributed by atoms with van der Waals surface area (Å²) in [6.45, 7) is 8.28. The molecule has 0 bridgehead atoms. The van der Waals surface area contributed by atoms with E-state index >= 15 is 0 Å². The SMILES string of the molecule is CC(C)c1cc(C(=O)NN=Cc2ccc3c(c2)OCO3)c(O)c(C(C)C)c1. The van der Waals surface area contributed by atoms with E-state index in [9.17, 15) is 9.90 Å². The number of rotatable bonds is 5. The maximum atomic E-state index is 12.6. The van der Waals surface area contributed by atoms with Crippen molar-refractivity contribution in [3.8, 4) is 17.2 Å². The zero-order valence-corrected chi connectivity index (χ0v) is 15.9. The molecule has 3 rings (SSSR count). The average Bonchev–Trinajstić information content (AvgIpc) is 3.09. The fourth-order valence-corrected chi connectivity index (χ4v) is 2.85. The third kappa shape index (κ3) is 4.05. The van der Waals surface area contributed by atoms with Crippen LogP contribution in [0.25, 0.3) is 0 Å². The zero-order chi connectivity index (χ0) is 19.6. The Kier molecular flexibility index (Phi) is 5.35. The van der Waals surface area contributed by atoms with Crippen molar-refractivity contribution < 1.29 is 19.4 Å². The van der Waals surface area contributed by atoms with Crippen molar-refractivity contribution in [3.63, 3.8) is 0 Å². The lowest BCUT2D eigenvalue weighted by Gasteiger charge is -2.16. The highest BCUT2D eigenvalue weighted by Crippen LogP contribution is 2.33. The van der Waals surface area contributed by atoms with Crippen LogP contribution in [0.3, 0.4) is 0 Å². The minimum Gasteiger partial charge on any atom is -0.507 e. The van der Waals surface area contributed by atoms with Gasteiger partial charge >= 0.3 is 0 Å². The molecule has 0 fully saturated rings. The van der Waals surface area contributed by atoms with Gasteiger partial charge < -0.3 is 14.6 Å². The van der Waals surface area contributed by atoms with Crippen LogP contribution in [-0.2, 0) is 0 Å². The second kappa shape index (κ2) is 7.70. The summed E-state index contributed by atoms with van der Waals surface area (Å²) in [6, 6.07) is 9.07. The molecule has 0 spiro atoms. The molecule has 1 aliphatic rings. The van der Waals surface area contributed by atoms with E-state index in [1.165, 1.54) is 6.21 Å². The van der Waals surface area contributed by atoms with Crippen LogP contribution in [0.15, 0.2) is 35.4 Å². The Bertz CT molecular complexity index is 888. The molecule has 0 atom stereocenters. The number of nitrogens with zero attached hydrogens (tertiary/aromatic N) is 1. The first-order valence-electron chi connectivity index (χ1n) is 8.96. The van der Waals surface area contributed by atoms with E-state index in [2.05, 4.69) is 24.4 Å². The van der Waals surface area contributed by atoms with Crippen LogP contribution in [0.2, 0.25) is 0 Å². The van der Waals surface area contributed by atoms with E-state index in [0.29, 0.717) is 11.5 Å². The smallest absolute Gasteiger partial charge is 0.275 e. The molecular formula is C21H24N2O4. The molecule has 1 amide bonds. The van der Waals surface area contributed by atoms with E-state index < -0.39 is 5.91 Å². The summed E-state index contributed by atoms with van der Waals surface area (Å²) in [5.74, 6) is 1.24. The second-order valence-corrected chi connectivity index (χ2v) is 7.13. The predicted octanol–water partition coefficient (Wildman–Crippen LogP) is 4.13. The number of ether oxygens (including phenoxy) is 2. The van der Waals surface area contributed by atoms with E-state index in [1.807, 2.05) is 26.0 Å². The number of nitrogens with one attached hydrogen (secondary N) is 1. The molecule has 142 valence electrons. The van der Waals surface area contributed by atoms with Gasteiger partial charge in [0.15, 0.2) is 11.5 Å².